The highest BCUT2D eigenvalue weighted by molar-refractivity contribution is 8.00. The van der Waals surface area contributed by atoms with E-state index in [1.165, 1.54) is 19.1 Å². The monoisotopic (exact) mass is 307 g/mol. The Balaban J connectivity index is 2.58. The third kappa shape index (κ3) is 5.12. The van der Waals surface area contributed by atoms with Gasteiger partial charge in [-0.3, -0.25) is 9.59 Å². The zero-order chi connectivity index (χ0) is 15.3. The predicted octanol–water partition coefficient (Wildman–Crippen LogP) is 2.39. The van der Waals surface area contributed by atoms with Gasteiger partial charge in [0.05, 0.1) is 11.3 Å². The lowest BCUT2D eigenvalue weighted by Gasteiger charge is -2.10. The molecule has 0 aromatic heterocycles. The minimum Gasteiger partial charge on any atom is -0.480 e. The second-order valence-electron chi connectivity index (χ2n) is 3.94. The highest BCUT2D eigenvalue weighted by Gasteiger charge is 2.30. The summed E-state index contributed by atoms with van der Waals surface area (Å²) in [6, 6.07) is 3.55. The number of carbonyl (C=O) groups excluding carboxylic acids is 1. The van der Waals surface area contributed by atoms with E-state index in [9.17, 15) is 22.8 Å². The van der Waals surface area contributed by atoms with Crippen molar-refractivity contribution in [1.29, 1.82) is 0 Å². The van der Waals surface area contributed by atoms with Crippen molar-refractivity contribution in [3.63, 3.8) is 0 Å². The normalized spacial score (nSPS) is 12.8. The molecule has 0 fully saturated rings. The van der Waals surface area contributed by atoms with Crippen LogP contribution >= 0.6 is 11.8 Å². The van der Waals surface area contributed by atoms with Crippen molar-refractivity contribution in [3.8, 4) is 0 Å². The minimum absolute atomic E-state index is 0.154. The number of carboxylic acids is 1. The van der Waals surface area contributed by atoms with Crippen LogP contribution in [0.15, 0.2) is 29.2 Å². The molecule has 2 N–H and O–H groups in total. The molecule has 0 aliphatic carbocycles. The maximum atomic E-state index is 12.5. The maximum absolute atomic E-state index is 12.5. The molecule has 20 heavy (non-hydrogen) atoms. The first-order valence-corrected chi connectivity index (χ1v) is 6.51. The lowest BCUT2D eigenvalue weighted by molar-refractivity contribution is -0.141. The average Bonchev–Trinajstić information content (AvgIpc) is 2.35. The van der Waals surface area contributed by atoms with Crippen LogP contribution in [-0.4, -0.2) is 28.8 Å². The largest absolute Gasteiger partial charge is 0.480 e. The molecule has 0 saturated carbocycles. The van der Waals surface area contributed by atoms with E-state index in [1.807, 2.05) is 0 Å². The quantitative estimate of drug-likeness (QED) is 0.820. The molecule has 110 valence electrons. The summed E-state index contributed by atoms with van der Waals surface area (Å²) in [5.41, 5.74) is -0.790. The van der Waals surface area contributed by atoms with Crippen molar-refractivity contribution in [3.05, 3.63) is 29.8 Å². The highest BCUT2D eigenvalue weighted by Crippen LogP contribution is 2.31. The smallest absolute Gasteiger partial charge is 0.416 e. The number of alkyl halides is 3. The van der Waals surface area contributed by atoms with Crippen LogP contribution < -0.4 is 5.32 Å². The van der Waals surface area contributed by atoms with E-state index in [4.69, 9.17) is 5.11 Å². The van der Waals surface area contributed by atoms with Gasteiger partial charge in [-0.15, -0.1) is 11.8 Å². The Morgan fingerprint density at radius 2 is 2.05 bits per heavy atom. The summed E-state index contributed by atoms with van der Waals surface area (Å²) in [4.78, 5) is 22.2. The number of halogens is 3. The van der Waals surface area contributed by atoms with Crippen molar-refractivity contribution in [2.24, 2.45) is 0 Å². The Labute approximate surface area is 117 Å². The molecule has 0 aliphatic rings. The molecule has 8 heteroatoms. The third-order valence-corrected chi connectivity index (χ3v) is 3.27. The van der Waals surface area contributed by atoms with Gasteiger partial charge >= 0.3 is 12.1 Å². The van der Waals surface area contributed by atoms with E-state index in [0.29, 0.717) is 0 Å². The number of hydrogen-bond donors (Lipinski definition) is 2. The molecule has 0 radical (unpaired) electrons. The Kier molecular flexibility index (Phi) is 5.43. The number of nitrogens with one attached hydrogen (secondary N) is 1. The fraction of sp³-hybridized carbons (Fsp3) is 0.333. The van der Waals surface area contributed by atoms with Crippen molar-refractivity contribution in [1.82, 2.24) is 5.32 Å². The molecule has 0 aliphatic heterocycles. The van der Waals surface area contributed by atoms with Gasteiger partial charge in [0.2, 0.25) is 5.91 Å². The molecule has 0 spiro atoms. The number of amides is 1. The molecule has 0 bridgehead atoms. The van der Waals surface area contributed by atoms with E-state index < -0.39 is 29.7 Å². The summed E-state index contributed by atoms with van der Waals surface area (Å²) in [7, 11) is 0. The molecule has 0 heterocycles. The van der Waals surface area contributed by atoms with Crippen LogP contribution in [0.3, 0.4) is 0 Å². The van der Waals surface area contributed by atoms with Crippen molar-refractivity contribution < 1.29 is 27.9 Å². The summed E-state index contributed by atoms with van der Waals surface area (Å²) in [6.45, 7) is 1.30. The third-order valence-electron chi connectivity index (χ3n) is 2.28. The number of carbonyl (C=O) groups is 2. The minimum atomic E-state index is -4.43. The molecule has 1 amide bonds. The summed E-state index contributed by atoms with van der Waals surface area (Å²) in [5.74, 6) is -1.89. The Morgan fingerprint density at radius 1 is 1.40 bits per heavy atom. The molecule has 1 aromatic rings. The van der Waals surface area contributed by atoms with E-state index in [2.05, 4.69) is 5.32 Å². The van der Waals surface area contributed by atoms with Crippen LogP contribution in [0, 0.1) is 0 Å². The molecular formula is C12H12F3NO3S. The van der Waals surface area contributed by atoms with Crippen LogP contribution in [0.2, 0.25) is 0 Å². The lowest BCUT2D eigenvalue weighted by atomic mass is 10.2. The molecule has 1 aromatic carbocycles. The van der Waals surface area contributed by atoms with Gasteiger partial charge < -0.3 is 10.4 Å². The van der Waals surface area contributed by atoms with Gasteiger partial charge in [0.15, 0.2) is 0 Å². The van der Waals surface area contributed by atoms with E-state index in [0.717, 1.165) is 23.9 Å². The zero-order valence-electron chi connectivity index (χ0n) is 10.4. The zero-order valence-corrected chi connectivity index (χ0v) is 11.2. The fourth-order valence-corrected chi connectivity index (χ4v) is 2.02. The van der Waals surface area contributed by atoms with Crippen LogP contribution in [0.4, 0.5) is 13.2 Å². The number of benzene rings is 1. The Bertz CT molecular complexity index is 505. The van der Waals surface area contributed by atoms with Gasteiger partial charge in [-0.1, -0.05) is 6.07 Å². The van der Waals surface area contributed by atoms with Crippen molar-refractivity contribution in [2.45, 2.75) is 24.0 Å². The average molecular weight is 307 g/mol. The van der Waals surface area contributed by atoms with E-state index >= 15 is 0 Å². The molecular weight excluding hydrogens is 295 g/mol. The maximum Gasteiger partial charge on any atom is 0.416 e. The Hall–Kier alpha value is -1.70. The van der Waals surface area contributed by atoms with Crippen LogP contribution in [0.1, 0.15) is 12.5 Å². The van der Waals surface area contributed by atoms with Gasteiger partial charge in [-0.2, -0.15) is 13.2 Å². The lowest BCUT2D eigenvalue weighted by Crippen LogP contribution is -2.39. The number of rotatable bonds is 5. The second kappa shape index (κ2) is 6.65. The highest BCUT2D eigenvalue weighted by atomic mass is 32.2. The van der Waals surface area contributed by atoms with Crippen LogP contribution in [0.5, 0.6) is 0 Å². The van der Waals surface area contributed by atoms with Crippen LogP contribution in [-0.2, 0) is 15.8 Å². The SMILES string of the molecule is CC(NC(=O)CSc1cccc(C(F)(F)F)c1)C(=O)O. The van der Waals surface area contributed by atoms with Crippen molar-refractivity contribution in [2.75, 3.05) is 5.75 Å². The van der Waals surface area contributed by atoms with Gasteiger partial charge in [-0.05, 0) is 25.1 Å². The fourth-order valence-electron chi connectivity index (χ4n) is 1.26. The van der Waals surface area contributed by atoms with Gasteiger partial charge in [0.1, 0.15) is 6.04 Å². The standard InChI is InChI=1S/C12H12F3NO3S/c1-7(11(18)19)16-10(17)6-20-9-4-2-3-8(5-9)12(13,14)15/h2-5,7H,6H2,1H3,(H,16,17)(H,18,19). The van der Waals surface area contributed by atoms with Gasteiger partial charge in [0.25, 0.3) is 0 Å². The molecule has 1 rings (SSSR count). The number of hydrogen-bond acceptors (Lipinski definition) is 3. The summed E-state index contributed by atoms with van der Waals surface area (Å²) >= 11 is 0.908. The number of aliphatic carboxylic acids is 1. The topological polar surface area (TPSA) is 66.4 Å². The van der Waals surface area contributed by atoms with Gasteiger partial charge in [0, 0.05) is 4.90 Å². The number of thioether (sulfide) groups is 1. The van der Waals surface area contributed by atoms with Gasteiger partial charge in [-0.25, -0.2) is 0 Å². The summed E-state index contributed by atoms with van der Waals surface area (Å²) < 4.78 is 37.4. The Morgan fingerprint density at radius 3 is 2.60 bits per heavy atom. The second-order valence-corrected chi connectivity index (χ2v) is 4.99. The van der Waals surface area contributed by atoms with E-state index in [-0.39, 0.29) is 10.6 Å². The first kappa shape index (κ1) is 16.4. The molecule has 0 saturated heterocycles. The summed E-state index contributed by atoms with van der Waals surface area (Å²) in [5, 5.41) is 10.8. The molecule has 1 unspecified atom stereocenters. The first-order valence-electron chi connectivity index (χ1n) is 5.52. The van der Waals surface area contributed by atoms with E-state index in [1.54, 1.807) is 0 Å². The molecule has 4 nitrogen and oxygen atoms in total. The summed E-state index contributed by atoms with van der Waals surface area (Å²) in [6.07, 6.45) is -4.43. The number of carboxylic acid groups (broad SMARTS) is 1. The first-order chi connectivity index (χ1) is 9.20. The molecule has 1 atom stereocenters. The van der Waals surface area contributed by atoms with Crippen molar-refractivity contribution >= 4 is 23.6 Å². The van der Waals surface area contributed by atoms with Crippen LogP contribution in [0.25, 0.3) is 0 Å². The predicted molar refractivity (Wildman–Crippen MR) is 67.4 cm³/mol.